The van der Waals surface area contributed by atoms with Crippen LogP contribution in [0.25, 0.3) is 10.8 Å². The fraction of sp³-hybridized carbons (Fsp3) is 0. The van der Waals surface area contributed by atoms with Gasteiger partial charge in [0.15, 0.2) is 0 Å². The smallest absolute Gasteiger partial charge is 0.282 e. The number of rotatable bonds is 6. The van der Waals surface area contributed by atoms with Crippen LogP contribution in [-0.2, 0) is 34.7 Å². The molecule has 0 saturated carbocycles. The summed E-state index contributed by atoms with van der Waals surface area (Å²) >= 11 is 0. The van der Waals surface area contributed by atoms with E-state index >= 15 is 0 Å². The summed E-state index contributed by atoms with van der Waals surface area (Å²) in [4.78, 5) is -2.66. The SMILES string of the molecule is O=S(=O)(O)c1ccc(N=Nc2cc3ccccc3c(S(=O)(=O)OO)c2S(=O)(=O)O)cc1. The summed E-state index contributed by atoms with van der Waals surface area (Å²) in [5, 5.41) is 16.2. The Morgan fingerprint density at radius 1 is 0.742 bits per heavy atom. The molecule has 12 nitrogen and oxygen atoms in total. The maximum Gasteiger partial charge on any atom is 0.325 e. The molecule has 0 aliphatic rings. The number of hydrogen-bond donors (Lipinski definition) is 3. The highest BCUT2D eigenvalue weighted by Crippen LogP contribution is 2.39. The lowest BCUT2D eigenvalue weighted by Crippen LogP contribution is -2.12. The quantitative estimate of drug-likeness (QED) is 0.201. The number of fused-ring (bicyclic) bond motifs is 1. The zero-order valence-electron chi connectivity index (χ0n) is 15.0. The molecule has 15 heteroatoms. The number of hydrogen-bond acceptors (Lipinski definition) is 10. The normalized spacial score (nSPS) is 13.1. The van der Waals surface area contributed by atoms with Crippen molar-refractivity contribution in [2.24, 2.45) is 10.2 Å². The highest BCUT2D eigenvalue weighted by atomic mass is 32.2. The average molecular weight is 488 g/mol. The zero-order chi connectivity index (χ0) is 23.0. The first-order valence-corrected chi connectivity index (χ1v) is 12.2. The average Bonchev–Trinajstić information content (AvgIpc) is 2.70. The van der Waals surface area contributed by atoms with Gasteiger partial charge in [0.05, 0.1) is 10.6 Å². The van der Waals surface area contributed by atoms with Gasteiger partial charge in [-0.2, -0.15) is 30.4 Å². The van der Waals surface area contributed by atoms with Crippen molar-refractivity contribution in [2.45, 2.75) is 14.7 Å². The van der Waals surface area contributed by atoms with Gasteiger partial charge >= 0.3 is 10.1 Å². The van der Waals surface area contributed by atoms with Crippen LogP contribution in [-0.4, -0.2) is 39.6 Å². The molecule has 3 aromatic rings. The topological polar surface area (TPSA) is 197 Å². The molecule has 0 amide bonds. The molecule has 0 aromatic heterocycles. The summed E-state index contributed by atoms with van der Waals surface area (Å²) < 4.78 is 92.8. The van der Waals surface area contributed by atoms with Gasteiger partial charge in [-0.3, -0.25) is 9.11 Å². The van der Waals surface area contributed by atoms with Crippen molar-refractivity contribution in [1.29, 1.82) is 0 Å². The van der Waals surface area contributed by atoms with Crippen LogP contribution in [0.3, 0.4) is 0 Å². The molecular weight excluding hydrogens is 476 g/mol. The van der Waals surface area contributed by atoms with Crippen molar-refractivity contribution in [3.63, 3.8) is 0 Å². The minimum absolute atomic E-state index is 0.00432. The highest BCUT2D eigenvalue weighted by Gasteiger charge is 2.32. The van der Waals surface area contributed by atoms with E-state index < -0.39 is 50.7 Å². The first kappa shape index (κ1) is 22.9. The summed E-state index contributed by atoms with van der Waals surface area (Å²) in [6.07, 6.45) is 0. The maximum absolute atomic E-state index is 12.2. The second-order valence-electron chi connectivity index (χ2n) is 5.95. The van der Waals surface area contributed by atoms with E-state index in [1.54, 1.807) is 0 Å². The summed E-state index contributed by atoms with van der Waals surface area (Å²) in [7, 11) is -14.7. The first-order valence-electron chi connectivity index (χ1n) is 7.95. The van der Waals surface area contributed by atoms with Gasteiger partial charge in [0, 0.05) is 5.39 Å². The van der Waals surface area contributed by atoms with Gasteiger partial charge in [-0.15, -0.1) is 9.45 Å². The molecule has 3 N–H and O–H groups in total. The van der Waals surface area contributed by atoms with E-state index in [0.717, 1.165) is 30.3 Å². The van der Waals surface area contributed by atoms with Crippen LogP contribution in [0.2, 0.25) is 0 Å². The molecule has 0 fully saturated rings. The molecule has 0 atom stereocenters. The molecule has 0 radical (unpaired) electrons. The lowest BCUT2D eigenvalue weighted by molar-refractivity contribution is -0.130. The fourth-order valence-electron chi connectivity index (χ4n) is 2.69. The largest absolute Gasteiger partial charge is 0.325 e. The van der Waals surface area contributed by atoms with Gasteiger partial charge < -0.3 is 0 Å². The van der Waals surface area contributed by atoms with E-state index in [9.17, 15) is 29.8 Å². The van der Waals surface area contributed by atoms with E-state index in [2.05, 4.69) is 14.6 Å². The van der Waals surface area contributed by atoms with Crippen molar-refractivity contribution in [3.05, 3.63) is 54.6 Å². The minimum atomic E-state index is -5.22. The molecule has 164 valence electrons. The summed E-state index contributed by atoms with van der Waals surface area (Å²) in [6, 6.07) is 11.0. The molecule has 0 saturated heterocycles. The third-order valence-electron chi connectivity index (χ3n) is 3.95. The van der Waals surface area contributed by atoms with Crippen molar-refractivity contribution >= 4 is 52.5 Å². The highest BCUT2D eigenvalue weighted by molar-refractivity contribution is 7.89. The zero-order valence-corrected chi connectivity index (χ0v) is 17.5. The molecular formula is C16H12N2O10S3. The second-order valence-corrected chi connectivity index (χ2v) is 10.2. The van der Waals surface area contributed by atoms with Crippen LogP contribution in [0, 0.1) is 0 Å². The van der Waals surface area contributed by atoms with Crippen molar-refractivity contribution in [2.75, 3.05) is 0 Å². The van der Waals surface area contributed by atoms with Crippen LogP contribution in [0.4, 0.5) is 11.4 Å². The molecule has 0 spiro atoms. The molecule has 31 heavy (non-hydrogen) atoms. The predicted molar refractivity (Wildman–Crippen MR) is 105 cm³/mol. The molecule has 0 bridgehead atoms. The Morgan fingerprint density at radius 2 is 1.35 bits per heavy atom. The van der Waals surface area contributed by atoms with Gasteiger partial charge in [-0.25, -0.2) is 5.26 Å². The van der Waals surface area contributed by atoms with Crippen LogP contribution in [0.15, 0.2) is 79.5 Å². The van der Waals surface area contributed by atoms with E-state index in [4.69, 9.17) is 9.81 Å². The van der Waals surface area contributed by atoms with Crippen LogP contribution >= 0.6 is 0 Å². The van der Waals surface area contributed by atoms with Crippen LogP contribution in [0.5, 0.6) is 0 Å². The van der Waals surface area contributed by atoms with Crippen molar-refractivity contribution in [3.8, 4) is 0 Å². The van der Waals surface area contributed by atoms with E-state index in [1.807, 2.05) is 0 Å². The standard InChI is InChI=1S/C16H12N2O10S3/c19-28-31(26,27)15-13-4-2-1-3-10(13)9-14(16(15)30(23,24)25)18-17-11-5-7-12(8-6-11)29(20,21)22/h1-9,19H,(H,20,21,22)(H,23,24,25). The van der Waals surface area contributed by atoms with Gasteiger partial charge in [0.1, 0.15) is 15.5 Å². The Morgan fingerprint density at radius 3 is 1.90 bits per heavy atom. The van der Waals surface area contributed by atoms with Crippen LogP contribution < -0.4 is 0 Å². The van der Waals surface area contributed by atoms with E-state index in [1.165, 1.54) is 24.3 Å². The van der Waals surface area contributed by atoms with Crippen molar-refractivity contribution in [1.82, 2.24) is 0 Å². The Hall–Kier alpha value is -2.79. The van der Waals surface area contributed by atoms with E-state index in [-0.39, 0.29) is 16.5 Å². The van der Waals surface area contributed by atoms with Gasteiger partial charge in [-0.1, -0.05) is 24.3 Å². The Kier molecular flexibility index (Phi) is 5.94. The van der Waals surface area contributed by atoms with E-state index in [0.29, 0.717) is 0 Å². The van der Waals surface area contributed by atoms with Gasteiger partial charge in [-0.05, 0) is 35.7 Å². The molecule has 0 aliphatic heterocycles. The monoisotopic (exact) mass is 488 g/mol. The maximum atomic E-state index is 12.2. The van der Waals surface area contributed by atoms with Gasteiger partial charge in [0.25, 0.3) is 20.2 Å². The molecule has 0 unspecified atom stereocenters. The van der Waals surface area contributed by atoms with Crippen LogP contribution in [0.1, 0.15) is 0 Å². The lowest BCUT2D eigenvalue weighted by atomic mass is 10.1. The fourth-order valence-corrected chi connectivity index (χ4v) is 5.36. The first-order chi connectivity index (χ1) is 14.3. The third-order valence-corrected chi connectivity index (χ3v) is 7.00. The molecule has 0 heterocycles. The lowest BCUT2D eigenvalue weighted by Gasteiger charge is -2.12. The number of benzene rings is 3. The Labute approximate surface area is 176 Å². The summed E-state index contributed by atoms with van der Waals surface area (Å²) in [5.74, 6) is 0. The molecule has 3 aromatic carbocycles. The second kappa shape index (κ2) is 8.04. The number of azo groups is 1. The Bertz CT molecular complexity index is 1510. The predicted octanol–water partition coefficient (Wildman–Crippen LogP) is 2.93. The molecule has 3 rings (SSSR count). The van der Waals surface area contributed by atoms with Gasteiger partial charge in [0.2, 0.25) is 0 Å². The summed E-state index contributed by atoms with van der Waals surface area (Å²) in [5.41, 5.74) is -0.597. The molecule has 0 aliphatic carbocycles. The third kappa shape index (κ3) is 4.77. The van der Waals surface area contributed by atoms with Crippen molar-refractivity contribution < 1.29 is 43.9 Å². The summed E-state index contributed by atoms with van der Waals surface area (Å²) in [6.45, 7) is 0. The number of nitrogens with zero attached hydrogens (tertiary/aromatic N) is 2. The minimum Gasteiger partial charge on any atom is -0.282 e. The Balaban J connectivity index is 2.29.